The highest BCUT2D eigenvalue weighted by molar-refractivity contribution is 6.30. The van der Waals surface area contributed by atoms with E-state index in [-0.39, 0.29) is 0 Å². The summed E-state index contributed by atoms with van der Waals surface area (Å²) in [5.74, 6) is 0. The van der Waals surface area contributed by atoms with Crippen LogP contribution < -0.4 is 0 Å². The second kappa shape index (κ2) is 5.78. The highest BCUT2D eigenvalue weighted by atomic mass is 35.5. The van der Waals surface area contributed by atoms with Crippen molar-refractivity contribution in [1.29, 1.82) is 5.26 Å². The molecule has 4 nitrogen and oxygen atoms in total. The van der Waals surface area contributed by atoms with Crippen molar-refractivity contribution in [2.45, 2.75) is 6.54 Å². The maximum Gasteiger partial charge on any atom is 0.0991 e. The van der Waals surface area contributed by atoms with Gasteiger partial charge in [0.2, 0.25) is 0 Å². The molecule has 0 aliphatic heterocycles. The molecule has 0 atom stereocenters. The molecule has 3 rings (SSSR count). The van der Waals surface area contributed by atoms with Crippen LogP contribution in [0.4, 0.5) is 0 Å². The van der Waals surface area contributed by atoms with Gasteiger partial charge in [-0.1, -0.05) is 41.1 Å². The van der Waals surface area contributed by atoms with Crippen LogP contribution in [0.15, 0.2) is 54.7 Å². The van der Waals surface area contributed by atoms with Crippen molar-refractivity contribution in [3.63, 3.8) is 0 Å². The molecule has 102 valence electrons. The molecule has 0 fully saturated rings. The van der Waals surface area contributed by atoms with Gasteiger partial charge in [-0.2, -0.15) is 5.26 Å². The molecule has 1 heterocycles. The first-order chi connectivity index (χ1) is 10.3. The van der Waals surface area contributed by atoms with E-state index in [2.05, 4.69) is 16.4 Å². The SMILES string of the molecule is N#Cc1ccc(Cn2nncc2-c2ccc(Cl)cc2)cc1. The van der Waals surface area contributed by atoms with Crippen molar-refractivity contribution < 1.29 is 0 Å². The number of halogens is 1. The summed E-state index contributed by atoms with van der Waals surface area (Å²) in [6.07, 6.45) is 1.73. The van der Waals surface area contributed by atoms with Crippen LogP contribution in [0.25, 0.3) is 11.3 Å². The van der Waals surface area contributed by atoms with Gasteiger partial charge in [-0.25, -0.2) is 4.68 Å². The highest BCUT2D eigenvalue weighted by Crippen LogP contribution is 2.21. The van der Waals surface area contributed by atoms with E-state index in [9.17, 15) is 0 Å². The van der Waals surface area contributed by atoms with Crippen molar-refractivity contribution in [1.82, 2.24) is 15.0 Å². The van der Waals surface area contributed by atoms with Crippen LogP contribution in [-0.4, -0.2) is 15.0 Å². The van der Waals surface area contributed by atoms with Crippen molar-refractivity contribution in [2.75, 3.05) is 0 Å². The molecule has 0 saturated heterocycles. The summed E-state index contributed by atoms with van der Waals surface area (Å²) in [6.45, 7) is 0.601. The zero-order chi connectivity index (χ0) is 14.7. The van der Waals surface area contributed by atoms with Gasteiger partial charge in [0.15, 0.2) is 0 Å². The van der Waals surface area contributed by atoms with Crippen LogP contribution in [0, 0.1) is 11.3 Å². The van der Waals surface area contributed by atoms with E-state index in [1.807, 2.05) is 41.1 Å². The zero-order valence-electron chi connectivity index (χ0n) is 11.1. The molecule has 0 unspecified atom stereocenters. The summed E-state index contributed by atoms with van der Waals surface area (Å²) in [5.41, 5.74) is 3.65. The van der Waals surface area contributed by atoms with Crippen LogP contribution in [0.1, 0.15) is 11.1 Å². The summed E-state index contributed by atoms with van der Waals surface area (Å²) in [6, 6.07) is 17.1. The normalized spacial score (nSPS) is 10.3. The predicted octanol–water partition coefficient (Wildman–Crippen LogP) is 3.52. The van der Waals surface area contributed by atoms with E-state index in [4.69, 9.17) is 16.9 Å². The molecule has 3 aromatic rings. The van der Waals surface area contributed by atoms with E-state index in [0.29, 0.717) is 17.1 Å². The Morgan fingerprint density at radius 2 is 1.76 bits per heavy atom. The van der Waals surface area contributed by atoms with Crippen molar-refractivity contribution in [3.8, 4) is 17.3 Å². The van der Waals surface area contributed by atoms with Gasteiger partial charge in [0.25, 0.3) is 0 Å². The number of hydrogen-bond acceptors (Lipinski definition) is 3. The molecule has 21 heavy (non-hydrogen) atoms. The minimum atomic E-state index is 0.601. The summed E-state index contributed by atoms with van der Waals surface area (Å²) in [7, 11) is 0. The lowest BCUT2D eigenvalue weighted by Gasteiger charge is -2.06. The minimum absolute atomic E-state index is 0.601. The predicted molar refractivity (Wildman–Crippen MR) is 80.7 cm³/mol. The number of hydrogen-bond donors (Lipinski definition) is 0. The average Bonchev–Trinajstić information content (AvgIpc) is 2.97. The molecule has 1 aromatic heterocycles. The second-order valence-corrected chi connectivity index (χ2v) is 5.03. The molecule has 0 aliphatic carbocycles. The number of nitrogens with zero attached hydrogens (tertiary/aromatic N) is 4. The third-order valence-corrected chi connectivity index (χ3v) is 3.43. The van der Waals surface area contributed by atoms with Gasteiger partial charge in [0.1, 0.15) is 0 Å². The van der Waals surface area contributed by atoms with Gasteiger partial charge >= 0.3 is 0 Å². The largest absolute Gasteiger partial charge is 0.240 e. The van der Waals surface area contributed by atoms with Crippen molar-refractivity contribution >= 4 is 11.6 Å². The number of nitriles is 1. The van der Waals surface area contributed by atoms with Crippen LogP contribution >= 0.6 is 11.6 Å². The van der Waals surface area contributed by atoms with Crippen LogP contribution in [-0.2, 0) is 6.54 Å². The molecule has 0 spiro atoms. The topological polar surface area (TPSA) is 54.5 Å². The summed E-state index contributed by atoms with van der Waals surface area (Å²) in [5, 5.41) is 17.6. The summed E-state index contributed by atoms with van der Waals surface area (Å²) < 4.78 is 1.82. The first kappa shape index (κ1) is 13.3. The van der Waals surface area contributed by atoms with Crippen molar-refractivity contribution in [3.05, 3.63) is 70.9 Å². The van der Waals surface area contributed by atoms with E-state index in [1.165, 1.54) is 0 Å². The molecule has 5 heteroatoms. The molecule has 0 radical (unpaired) electrons. The zero-order valence-corrected chi connectivity index (χ0v) is 11.8. The van der Waals surface area contributed by atoms with Crippen LogP contribution in [0.5, 0.6) is 0 Å². The molecule has 2 aromatic carbocycles. The van der Waals surface area contributed by atoms with Gasteiger partial charge in [-0.15, -0.1) is 5.10 Å². The Labute approximate surface area is 127 Å². The molecule has 0 bridgehead atoms. The Kier molecular flexibility index (Phi) is 3.67. The third-order valence-electron chi connectivity index (χ3n) is 3.17. The molecule has 0 amide bonds. The van der Waals surface area contributed by atoms with E-state index < -0.39 is 0 Å². The lowest BCUT2D eigenvalue weighted by atomic mass is 10.1. The fourth-order valence-electron chi connectivity index (χ4n) is 2.08. The van der Waals surface area contributed by atoms with Crippen molar-refractivity contribution in [2.24, 2.45) is 0 Å². The van der Waals surface area contributed by atoms with Gasteiger partial charge < -0.3 is 0 Å². The lowest BCUT2D eigenvalue weighted by molar-refractivity contribution is 0.655. The monoisotopic (exact) mass is 294 g/mol. The number of rotatable bonds is 3. The van der Waals surface area contributed by atoms with Gasteiger partial charge in [-0.05, 0) is 29.8 Å². The van der Waals surface area contributed by atoms with E-state index in [0.717, 1.165) is 16.8 Å². The molecular formula is C16H11ClN4. The number of benzene rings is 2. The van der Waals surface area contributed by atoms with Gasteiger partial charge in [0, 0.05) is 10.6 Å². The van der Waals surface area contributed by atoms with Crippen LogP contribution in [0.3, 0.4) is 0 Å². The smallest absolute Gasteiger partial charge is 0.0991 e. The first-order valence-electron chi connectivity index (χ1n) is 6.40. The first-order valence-corrected chi connectivity index (χ1v) is 6.77. The third kappa shape index (κ3) is 2.93. The molecule has 0 N–H and O–H groups in total. The quantitative estimate of drug-likeness (QED) is 0.742. The second-order valence-electron chi connectivity index (χ2n) is 4.59. The Bertz CT molecular complexity index is 782. The lowest BCUT2D eigenvalue weighted by Crippen LogP contribution is -2.04. The Morgan fingerprint density at radius 1 is 1.05 bits per heavy atom. The summed E-state index contributed by atoms with van der Waals surface area (Å²) >= 11 is 5.91. The summed E-state index contributed by atoms with van der Waals surface area (Å²) in [4.78, 5) is 0. The average molecular weight is 295 g/mol. The van der Waals surface area contributed by atoms with Crippen LogP contribution in [0.2, 0.25) is 5.02 Å². The maximum atomic E-state index is 8.81. The fraction of sp³-hybridized carbons (Fsp3) is 0.0625. The van der Waals surface area contributed by atoms with Gasteiger partial charge in [0.05, 0.1) is 30.1 Å². The fourth-order valence-corrected chi connectivity index (χ4v) is 2.20. The van der Waals surface area contributed by atoms with E-state index >= 15 is 0 Å². The van der Waals surface area contributed by atoms with E-state index in [1.54, 1.807) is 18.3 Å². The standard InChI is InChI=1S/C16H11ClN4/c17-15-7-5-14(6-8-15)16-10-19-20-21(16)11-13-3-1-12(9-18)2-4-13/h1-8,10H,11H2. The Balaban J connectivity index is 1.88. The molecule has 0 aliphatic rings. The highest BCUT2D eigenvalue weighted by Gasteiger charge is 2.07. The number of aromatic nitrogens is 3. The molecule has 0 saturated carbocycles. The minimum Gasteiger partial charge on any atom is -0.240 e. The van der Waals surface area contributed by atoms with Gasteiger partial charge in [-0.3, -0.25) is 0 Å². The Morgan fingerprint density at radius 3 is 2.43 bits per heavy atom. The Hall–Kier alpha value is -2.64. The maximum absolute atomic E-state index is 8.81. The molecular weight excluding hydrogens is 284 g/mol.